The summed E-state index contributed by atoms with van der Waals surface area (Å²) >= 11 is 0. The molecule has 12 heteroatoms. The minimum Gasteiger partial charge on any atom is -0.391 e. The van der Waals surface area contributed by atoms with Gasteiger partial charge in [0.2, 0.25) is 12.3 Å². The van der Waals surface area contributed by atoms with Crippen LogP contribution in [0.25, 0.3) is 0 Å². The number of aldehydes is 1. The number of anilines is 1. The molecule has 0 aliphatic heterocycles. The number of halogens is 1. The molecule has 0 aromatic heterocycles. The number of carbonyl (C=O) groups is 3. The summed E-state index contributed by atoms with van der Waals surface area (Å²) in [6.07, 6.45) is 2.24. The Bertz CT molecular complexity index is 1290. The molecule has 1 unspecified atom stereocenters. The summed E-state index contributed by atoms with van der Waals surface area (Å²) in [6, 6.07) is 11.0. The maximum absolute atomic E-state index is 15.7. The van der Waals surface area contributed by atoms with E-state index in [2.05, 4.69) is 16.0 Å². The molecule has 0 fully saturated rings. The lowest BCUT2D eigenvalue weighted by molar-refractivity contribution is -0.136. The molecular weight excluding hydrogens is 544 g/mol. The van der Waals surface area contributed by atoms with E-state index >= 15 is 4.39 Å². The van der Waals surface area contributed by atoms with Crippen LogP contribution in [-0.4, -0.2) is 84.3 Å². The van der Waals surface area contributed by atoms with E-state index in [-0.39, 0.29) is 36.7 Å². The molecule has 2 rings (SSSR count). The first kappa shape index (κ1) is 36.1. The molecule has 0 radical (unpaired) electrons. The van der Waals surface area contributed by atoms with Crippen LogP contribution < -0.4 is 16.0 Å². The number of ether oxygens (including phenoxy) is 1. The van der Waals surface area contributed by atoms with Gasteiger partial charge in [-0.1, -0.05) is 24.3 Å². The van der Waals surface area contributed by atoms with Crippen LogP contribution in [0.4, 0.5) is 10.1 Å². The number of benzene rings is 2. The minimum atomic E-state index is -1.23. The highest BCUT2D eigenvalue weighted by Gasteiger charge is 2.38. The van der Waals surface area contributed by atoms with E-state index in [1.165, 1.54) is 11.9 Å². The van der Waals surface area contributed by atoms with Crippen LogP contribution >= 0.6 is 0 Å². The normalized spacial score (nSPS) is 13.6. The lowest BCUT2D eigenvalue weighted by atomic mass is 9.57. The van der Waals surface area contributed by atoms with Crippen molar-refractivity contribution in [3.05, 3.63) is 64.5 Å². The second-order valence-corrected chi connectivity index (χ2v) is 13.3. The van der Waals surface area contributed by atoms with Gasteiger partial charge < -0.3 is 30.4 Å². The molecule has 8 nitrogen and oxygen atoms in total. The molecule has 232 valence electrons. The summed E-state index contributed by atoms with van der Waals surface area (Å²) in [6.45, 7) is 10.8. The van der Waals surface area contributed by atoms with Crippen molar-refractivity contribution in [2.75, 3.05) is 26.0 Å². The van der Waals surface area contributed by atoms with Crippen LogP contribution in [0.3, 0.4) is 0 Å². The van der Waals surface area contributed by atoms with Gasteiger partial charge in [-0.25, -0.2) is 4.39 Å². The predicted octanol–water partition coefficient (Wildman–Crippen LogP) is 0.971. The number of nitrogens with zero attached hydrogens (tertiary/aromatic N) is 1. The molecule has 0 saturated carbocycles. The largest absolute Gasteiger partial charge is 0.391 e. The van der Waals surface area contributed by atoms with Crippen LogP contribution in [0.15, 0.2) is 36.4 Å². The van der Waals surface area contributed by atoms with Crippen molar-refractivity contribution in [3.63, 3.8) is 0 Å². The van der Waals surface area contributed by atoms with Crippen molar-refractivity contribution >= 4 is 47.8 Å². The Morgan fingerprint density at radius 2 is 1.72 bits per heavy atom. The van der Waals surface area contributed by atoms with Crippen molar-refractivity contribution in [2.24, 2.45) is 0 Å². The van der Waals surface area contributed by atoms with Gasteiger partial charge >= 0.3 is 0 Å². The topological polar surface area (TPSA) is 99.8 Å². The van der Waals surface area contributed by atoms with Gasteiger partial charge in [0.15, 0.2) is 0 Å². The Hall–Kier alpha value is -3.11. The van der Waals surface area contributed by atoms with Crippen LogP contribution in [0.2, 0.25) is 0 Å². The number of hydrogen-bond donors (Lipinski definition) is 3. The standard InChI is InChI=1S/C31H48B3FN4O4/c1-21-10-8-11-26(23(21)18-39(20-41)30(32,14-9-15-40)27(42)37-7)38-31(33,34)24-13-12-22(16-25(24)35)17-28(2,3)43-29(4,5)19-36-6/h8,10-13,15-16,20,36,38H,9,14,17-19,32-34H2,1-7H3,(H,37,42). The smallest absolute Gasteiger partial charge is 0.236 e. The average molecular weight is 592 g/mol. The molecule has 2 aromatic rings. The van der Waals surface area contributed by atoms with E-state index < -0.39 is 16.4 Å². The zero-order valence-corrected chi connectivity index (χ0v) is 27.6. The fraction of sp³-hybridized carbons (Fsp3) is 0.516. The summed E-state index contributed by atoms with van der Waals surface area (Å²) in [4.78, 5) is 37.8. The van der Waals surface area contributed by atoms with E-state index in [0.29, 0.717) is 24.9 Å². The molecule has 2 amide bonds. The minimum absolute atomic E-state index is 0.123. The third-order valence-electron chi connectivity index (χ3n) is 7.90. The van der Waals surface area contributed by atoms with Crippen molar-refractivity contribution in [1.29, 1.82) is 0 Å². The van der Waals surface area contributed by atoms with E-state index in [4.69, 9.17) is 4.74 Å². The quantitative estimate of drug-likeness (QED) is 0.187. The highest BCUT2D eigenvalue weighted by Crippen LogP contribution is 2.31. The molecule has 0 saturated heterocycles. The zero-order valence-electron chi connectivity index (χ0n) is 27.6. The van der Waals surface area contributed by atoms with Gasteiger partial charge in [-0.05, 0) is 82.5 Å². The molecule has 43 heavy (non-hydrogen) atoms. The average Bonchev–Trinajstić information content (AvgIpc) is 2.89. The van der Waals surface area contributed by atoms with E-state index in [1.807, 2.05) is 87.7 Å². The van der Waals surface area contributed by atoms with E-state index in [0.717, 1.165) is 28.7 Å². The Labute approximate surface area is 259 Å². The fourth-order valence-electron chi connectivity index (χ4n) is 5.84. The number of rotatable bonds is 17. The highest BCUT2D eigenvalue weighted by atomic mass is 19.1. The fourth-order valence-corrected chi connectivity index (χ4v) is 5.84. The molecule has 2 aromatic carbocycles. The number of hydrogen-bond acceptors (Lipinski definition) is 6. The van der Waals surface area contributed by atoms with Crippen molar-refractivity contribution in [1.82, 2.24) is 15.5 Å². The Morgan fingerprint density at radius 3 is 2.28 bits per heavy atom. The number of likely N-dealkylation sites (N-methyl/N-ethyl adjacent to an activating group) is 2. The molecule has 0 aliphatic carbocycles. The summed E-state index contributed by atoms with van der Waals surface area (Å²) in [5, 5.41) is 8.45. The molecule has 0 heterocycles. The molecule has 0 spiro atoms. The molecular formula is C31H48B3FN4O4. The molecule has 0 bridgehead atoms. The first-order valence-corrected chi connectivity index (χ1v) is 14.8. The number of carbonyl (C=O) groups excluding carboxylic acids is 3. The van der Waals surface area contributed by atoms with E-state index in [9.17, 15) is 14.4 Å². The molecule has 1 atom stereocenters. The third kappa shape index (κ3) is 9.44. The highest BCUT2D eigenvalue weighted by molar-refractivity contribution is 6.41. The Kier molecular flexibility index (Phi) is 12.2. The second-order valence-electron chi connectivity index (χ2n) is 13.3. The van der Waals surface area contributed by atoms with Crippen LogP contribution in [0, 0.1) is 12.7 Å². The monoisotopic (exact) mass is 592 g/mol. The van der Waals surface area contributed by atoms with Crippen molar-refractivity contribution < 1.29 is 23.5 Å². The third-order valence-corrected chi connectivity index (χ3v) is 7.90. The number of amides is 2. The van der Waals surface area contributed by atoms with E-state index in [1.54, 1.807) is 13.9 Å². The van der Waals surface area contributed by atoms with Gasteiger partial charge in [0.1, 0.15) is 35.6 Å². The predicted molar refractivity (Wildman–Crippen MR) is 179 cm³/mol. The van der Waals surface area contributed by atoms with Crippen molar-refractivity contribution in [2.45, 2.75) is 82.4 Å². The molecule has 0 aliphatic rings. The Morgan fingerprint density at radius 1 is 1.05 bits per heavy atom. The maximum atomic E-state index is 15.7. The number of nitrogens with one attached hydrogen (secondary N) is 3. The number of aryl methyl sites for hydroxylation is 1. The van der Waals surface area contributed by atoms with Gasteiger partial charge in [-0.3, -0.25) is 9.59 Å². The maximum Gasteiger partial charge on any atom is 0.236 e. The van der Waals surface area contributed by atoms with Gasteiger partial charge in [0, 0.05) is 44.0 Å². The van der Waals surface area contributed by atoms with Gasteiger partial charge in [0.05, 0.1) is 16.6 Å². The SMILES string of the molecule is BC(B)(Nc1cccc(C)c1CN(C=O)C(B)(CCC=O)C(=O)NC)c1ccc(CC(C)(C)OC(C)(C)CNC)cc1F. The van der Waals surface area contributed by atoms with Crippen LogP contribution in [0.5, 0.6) is 0 Å². The summed E-state index contributed by atoms with van der Waals surface area (Å²) in [5.41, 5.74) is 1.64. The Balaban J connectivity index is 2.38. The lowest BCUT2D eigenvalue weighted by Gasteiger charge is -2.39. The van der Waals surface area contributed by atoms with Gasteiger partial charge in [0.25, 0.3) is 0 Å². The van der Waals surface area contributed by atoms with Crippen LogP contribution in [-0.2, 0) is 37.4 Å². The summed E-state index contributed by atoms with van der Waals surface area (Å²) in [5.74, 6) is -0.684. The van der Waals surface area contributed by atoms with Crippen LogP contribution in [0.1, 0.15) is 62.8 Å². The van der Waals surface area contributed by atoms with Gasteiger partial charge in [-0.2, -0.15) is 0 Å². The second kappa shape index (κ2) is 14.6. The first-order chi connectivity index (χ1) is 19.9. The van der Waals surface area contributed by atoms with Crippen molar-refractivity contribution in [3.8, 4) is 0 Å². The lowest BCUT2D eigenvalue weighted by Crippen LogP contribution is -2.58. The first-order valence-electron chi connectivity index (χ1n) is 14.8. The summed E-state index contributed by atoms with van der Waals surface area (Å²) in [7, 11) is 8.86. The molecule has 3 N–H and O–H groups in total. The van der Waals surface area contributed by atoms with Gasteiger partial charge in [-0.15, -0.1) is 0 Å². The summed E-state index contributed by atoms with van der Waals surface area (Å²) < 4.78 is 22.1. The zero-order chi connectivity index (χ0) is 32.6.